The van der Waals surface area contributed by atoms with Crippen molar-refractivity contribution in [3.8, 4) is 0 Å². The lowest BCUT2D eigenvalue weighted by atomic mass is 9.91. The summed E-state index contributed by atoms with van der Waals surface area (Å²) in [5.74, 6) is 2.59. The number of nitrogens with one attached hydrogen (secondary N) is 1. The smallest absolute Gasteiger partial charge is 0.0221 e. The molecule has 0 aromatic heterocycles. The van der Waals surface area contributed by atoms with Gasteiger partial charge in [0, 0.05) is 31.2 Å². The predicted molar refractivity (Wildman–Crippen MR) is 78.8 cm³/mol. The Morgan fingerprint density at radius 2 is 1.94 bits per heavy atom. The second kappa shape index (κ2) is 5.92. The summed E-state index contributed by atoms with van der Waals surface area (Å²) < 4.78 is 0. The van der Waals surface area contributed by atoms with E-state index in [9.17, 15) is 0 Å². The normalized spacial score (nSPS) is 44.2. The lowest BCUT2D eigenvalue weighted by Gasteiger charge is -2.45. The molecule has 1 saturated carbocycles. The number of hydrogen-bond donors (Lipinski definition) is 1. The molecule has 1 N–H and O–H groups in total. The van der Waals surface area contributed by atoms with Gasteiger partial charge in [-0.05, 0) is 37.5 Å². The molecule has 6 unspecified atom stereocenters. The van der Waals surface area contributed by atoms with Crippen LogP contribution in [0.4, 0.5) is 0 Å². The average Bonchev–Trinajstić information content (AvgIpc) is 2.70. The Kier molecular flexibility index (Phi) is 4.71. The number of rotatable bonds is 3. The van der Waals surface area contributed by atoms with E-state index in [1.54, 1.807) is 0 Å². The van der Waals surface area contributed by atoms with Crippen LogP contribution in [0.15, 0.2) is 0 Å². The Bertz CT molecular complexity index is 266. The summed E-state index contributed by atoms with van der Waals surface area (Å²) in [7, 11) is 0. The molecule has 2 nitrogen and oxygen atoms in total. The average molecular weight is 252 g/mol. The molecule has 0 aromatic rings. The van der Waals surface area contributed by atoms with Crippen LogP contribution in [0.1, 0.15) is 53.9 Å². The second-order valence-electron chi connectivity index (χ2n) is 6.93. The molecule has 2 aliphatic rings. The van der Waals surface area contributed by atoms with Crippen molar-refractivity contribution in [1.82, 2.24) is 10.2 Å². The molecule has 0 aromatic carbocycles. The van der Waals surface area contributed by atoms with Gasteiger partial charge < -0.3 is 5.32 Å². The van der Waals surface area contributed by atoms with Gasteiger partial charge >= 0.3 is 0 Å². The van der Waals surface area contributed by atoms with Gasteiger partial charge in [0.1, 0.15) is 0 Å². The van der Waals surface area contributed by atoms with Gasteiger partial charge in [0.2, 0.25) is 0 Å². The van der Waals surface area contributed by atoms with Gasteiger partial charge in [-0.2, -0.15) is 0 Å². The Balaban J connectivity index is 2.01. The van der Waals surface area contributed by atoms with Crippen LogP contribution in [0.25, 0.3) is 0 Å². The molecule has 1 heterocycles. The molecule has 1 aliphatic carbocycles. The molecule has 0 bridgehead atoms. The van der Waals surface area contributed by atoms with Crippen molar-refractivity contribution in [2.24, 2.45) is 17.8 Å². The SMILES string of the molecule is CCC(C)C1CN(C2CCC(C)C2C)C(C)CN1. The molecule has 6 atom stereocenters. The summed E-state index contributed by atoms with van der Waals surface area (Å²) in [6.45, 7) is 14.4. The van der Waals surface area contributed by atoms with Crippen molar-refractivity contribution in [1.29, 1.82) is 0 Å². The maximum absolute atomic E-state index is 3.76. The molecule has 0 amide bonds. The maximum atomic E-state index is 3.76. The van der Waals surface area contributed by atoms with Gasteiger partial charge in [-0.25, -0.2) is 0 Å². The number of piperazine rings is 1. The highest BCUT2D eigenvalue weighted by molar-refractivity contribution is 4.94. The van der Waals surface area contributed by atoms with Gasteiger partial charge in [-0.1, -0.05) is 34.1 Å². The van der Waals surface area contributed by atoms with E-state index < -0.39 is 0 Å². The summed E-state index contributed by atoms with van der Waals surface area (Å²) in [4.78, 5) is 2.82. The Labute approximate surface area is 114 Å². The first-order chi connectivity index (χ1) is 8.54. The fraction of sp³-hybridized carbons (Fsp3) is 1.00. The summed E-state index contributed by atoms with van der Waals surface area (Å²) in [5.41, 5.74) is 0. The third-order valence-electron chi connectivity index (χ3n) is 5.83. The highest BCUT2D eigenvalue weighted by Gasteiger charge is 2.39. The molecular formula is C16H32N2. The highest BCUT2D eigenvalue weighted by atomic mass is 15.3. The first-order valence-electron chi connectivity index (χ1n) is 8.03. The van der Waals surface area contributed by atoms with E-state index in [4.69, 9.17) is 0 Å². The van der Waals surface area contributed by atoms with Crippen molar-refractivity contribution in [2.75, 3.05) is 13.1 Å². The van der Waals surface area contributed by atoms with E-state index in [-0.39, 0.29) is 0 Å². The molecule has 0 spiro atoms. The van der Waals surface area contributed by atoms with Crippen LogP contribution in [-0.4, -0.2) is 36.1 Å². The quantitative estimate of drug-likeness (QED) is 0.830. The van der Waals surface area contributed by atoms with Gasteiger partial charge in [-0.3, -0.25) is 4.90 Å². The maximum Gasteiger partial charge on any atom is 0.0221 e. The first-order valence-corrected chi connectivity index (χ1v) is 8.03. The second-order valence-corrected chi connectivity index (χ2v) is 6.93. The summed E-state index contributed by atoms with van der Waals surface area (Å²) in [5, 5.41) is 3.76. The van der Waals surface area contributed by atoms with Crippen molar-refractivity contribution < 1.29 is 0 Å². The van der Waals surface area contributed by atoms with Gasteiger partial charge in [-0.15, -0.1) is 0 Å². The zero-order valence-corrected chi connectivity index (χ0v) is 12.9. The number of nitrogens with zero attached hydrogens (tertiary/aromatic N) is 1. The van der Waals surface area contributed by atoms with E-state index in [0.717, 1.165) is 23.8 Å². The van der Waals surface area contributed by atoms with Crippen molar-refractivity contribution in [3.05, 3.63) is 0 Å². The molecule has 1 aliphatic heterocycles. The lowest BCUT2D eigenvalue weighted by Crippen LogP contribution is -2.60. The van der Waals surface area contributed by atoms with Crippen LogP contribution in [0.2, 0.25) is 0 Å². The molecule has 2 rings (SSSR count). The molecule has 1 saturated heterocycles. The van der Waals surface area contributed by atoms with E-state index >= 15 is 0 Å². The minimum Gasteiger partial charge on any atom is -0.311 e. The van der Waals surface area contributed by atoms with Crippen LogP contribution >= 0.6 is 0 Å². The van der Waals surface area contributed by atoms with Crippen molar-refractivity contribution in [3.63, 3.8) is 0 Å². The molecule has 106 valence electrons. The van der Waals surface area contributed by atoms with Gasteiger partial charge in [0.05, 0.1) is 0 Å². The van der Waals surface area contributed by atoms with Crippen molar-refractivity contribution >= 4 is 0 Å². The van der Waals surface area contributed by atoms with E-state index in [2.05, 4.69) is 44.8 Å². The topological polar surface area (TPSA) is 15.3 Å². The monoisotopic (exact) mass is 252 g/mol. The van der Waals surface area contributed by atoms with Crippen LogP contribution in [-0.2, 0) is 0 Å². The van der Waals surface area contributed by atoms with E-state index in [1.807, 2.05) is 0 Å². The third-order valence-corrected chi connectivity index (χ3v) is 5.83. The minimum absolute atomic E-state index is 0.703. The van der Waals surface area contributed by atoms with Crippen LogP contribution in [0.5, 0.6) is 0 Å². The van der Waals surface area contributed by atoms with E-state index in [1.165, 1.54) is 32.4 Å². The summed E-state index contributed by atoms with van der Waals surface area (Å²) in [6, 6.07) is 2.25. The molecule has 18 heavy (non-hydrogen) atoms. The molecule has 2 fully saturated rings. The van der Waals surface area contributed by atoms with Crippen molar-refractivity contribution in [2.45, 2.75) is 72.0 Å². The minimum atomic E-state index is 0.703. The zero-order chi connectivity index (χ0) is 13.3. The largest absolute Gasteiger partial charge is 0.311 e. The molecular weight excluding hydrogens is 220 g/mol. The summed E-state index contributed by atoms with van der Waals surface area (Å²) in [6.07, 6.45) is 4.13. The Morgan fingerprint density at radius 1 is 1.22 bits per heavy atom. The van der Waals surface area contributed by atoms with Gasteiger partial charge in [0.15, 0.2) is 0 Å². The standard InChI is InChI=1S/C16H32N2/c1-6-11(2)15-10-18(13(4)9-17-15)16-8-7-12(3)14(16)5/h11-17H,6-10H2,1-5H3. The summed E-state index contributed by atoms with van der Waals surface area (Å²) >= 11 is 0. The highest BCUT2D eigenvalue weighted by Crippen LogP contribution is 2.36. The Morgan fingerprint density at radius 3 is 2.50 bits per heavy atom. The van der Waals surface area contributed by atoms with Crippen LogP contribution in [0, 0.1) is 17.8 Å². The first kappa shape index (κ1) is 14.3. The zero-order valence-electron chi connectivity index (χ0n) is 12.9. The van der Waals surface area contributed by atoms with Gasteiger partial charge in [0.25, 0.3) is 0 Å². The lowest BCUT2D eigenvalue weighted by molar-refractivity contribution is 0.0565. The van der Waals surface area contributed by atoms with Crippen LogP contribution < -0.4 is 5.32 Å². The number of hydrogen-bond acceptors (Lipinski definition) is 2. The molecule has 0 radical (unpaired) electrons. The third kappa shape index (κ3) is 2.75. The fourth-order valence-electron chi connectivity index (χ4n) is 3.85. The predicted octanol–water partition coefficient (Wildman–Crippen LogP) is 3.13. The molecule has 2 heteroatoms. The van der Waals surface area contributed by atoms with E-state index in [0.29, 0.717) is 12.1 Å². The Hall–Kier alpha value is -0.0800. The van der Waals surface area contributed by atoms with Crippen LogP contribution in [0.3, 0.4) is 0 Å². The fourth-order valence-corrected chi connectivity index (χ4v) is 3.85.